The summed E-state index contributed by atoms with van der Waals surface area (Å²) in [5.74, 6) is 0.162. The average molecular weight is 282 g/mol. The Labute approximate surface area is 116 Å². The van der Waals surface area contributed by atoms with E-state index in [2.05, 4.69) is 15.5 Å². The fourth-order valence-electron chi connectivity index (χ4n) is 2.34. The predicted octanol–water partition coefficient (Wildman–Crippen LogP) is 0.569. The number of hydrogen-bond donors (Lipinski definition) is 2. The monoisotopic (exact) mass is 282 g/mol. The number of nitrogens with one attached hydrogen (secondary N) is 1. The molecule has 0 radical (unpaired) electrons. The van der Waals surface area contributed by atoms with Crippen LogP contribution in [0.4, 0.5) is 4.79 Å². The molecule has 1 saturated heterocycles. The highest BCUT2D eigenvalue weighted by Crippen LogP contribution is 2.19. The van der Waals surface area contributed by atoms with Gasteiger partial charge in [0.05, 0.1) is 6.42 Å². The van der Waals surface area contributed by atoms with Crippen molar-refractivity contribution in [2.24, 2.45) is 0 Å². The van der Waals surface area contributed by atoms with Gasteiger partial charge in [-0.15, -0.1) is 0 Å². The summed E-state index contributed by atoms with van der Waals surface area (Å²) in [7, 11) is 0. The van der Waals surface area contributed by atoms with Crippen molar-refractivity contribution in [1.82, 2.24) is 20.4 Å². The number of urea groups is 1. The number of aliphatic carboxylic acids is 1. The van der Waals surface area contributed by atoms with Crippen molar-refractivity contribution in [1.29, 1.82) is 0 Å². The van der Waals surface area contributed by atoms with Crippen LogP contribution in [0.15, 0.2) is 4.52 Å². The molecule has 0 aliphatic carbocycles. The number of carbonyl (C=O) groups is 2. The zero-order chi connectivity index (χ0) is 14.5. The number of nitrogens with zero attached hydrogens (tertiary/aromatic N) is 3. The molecule has 2 rings (SSSR count). The minimum Gasteiger partial charge on any atom is -0.481 e. The van der Waals surface area contributed by atoms with Crippen LogP contribution >= 0.6 is 0 Å². The van der Waals surface area contributed by atoms with Crippen LogP contribution in [0.5, 0.6) is 0 Å². The van der Waals surface area contributed by atoms with E-state index in [1.165, 1.54) is 0 Å². The molecule has 0 saturated carbocycles. The lowest BCUT2D eigenvalue weighted by Crippen LogP contribution is -2.44. The number of carboxylic acid groups (broad SMARTS) is 1. The van der Waals surface area contributed by atoms with Gasteiger partial charge in [-0.1, -0.05) is 5.16 Å². The van der Waals surface area contributed by atoms with Crippen LogP contribution < -0.4 is 5.32 Å². The van der Waals surface area contributed by atoms with Crippen LogP contribution in [0, 0.1) is 6.92 Å². The number of aromatic nitrogens is 2. The van der Waals surface area contributed by atoms with Crippen molar-refractivity contribution in [3.63, 3.8) is 0 Å². The van der Waals surface area contributed by atoms with Crippen LogP contribution in [0.3, 0.4) is 0 Å². The van der Waals surface area contributed by atoms with Gasteiger partial charge in [0.25, 0.3) is 0 Å². The minimum atomic E-state index is -0.879. The molecule has 0 spiro atoms. The molecular formula is C12H18N4O4. The Morgan fingerprint density at radius 2 is 2.35 bits per heavy atom. The molecule has 1 unspecified atom stereocenters. The summed E-state index contributed by atoms with van der Waals surface area (Å²) < 4.78 is 4.94. The molecule has 1 aliphatic rings. The number of carbonyl (C=O) groups excluding carboxylic acids is 1. The number of hydrogen-bond acceptors (Lipinski definition) is 5. The molecule has 1 aromatic heterocycles. The van der Waals surface area contributed by atoms with Crippen molar-refractivity contribution in [2.75, 3.05) is 13.1 Å². The van der Waals surface area contributed by atoms with E-state index in [1.807, 2.05) is 0 Å². The molecule has 0 bridgehead atoms. The molecule has 2 amide bonds. The lowest BCUT2D eigenvalue weighted by atomic mass is 10.1. The average Bonchev–Trinajstić information content (AvgIpc) is 2.98. The Bertz CT molecular complexity index is 488. The van der Waals surface area contributed by atoms with Crippen LogP contribution in [0.25, 0.3) is 0 Å². The van der Waals surface area contributed by atoms with Crippen molar-refractivity contribution in [3.8, 4) is 0 Å². The number of rotatable bonds is 5. The summed E-state index contributed by atoms with van der Waals surface area (Å²) in [6.45, 7) is 2.71. The first-order valence-corrected chi connectivity index (χ1v) is 6.61. The van der Waals surface area contributed by atoms with Crippen LogP contribution in [0.1, 0.15) is 31.0 Å². The number of amides is 2. The second-order valence-corrected chi connectivity index (χ2v) is 4.80. The van der Waals surface area contributed by atoms with Gasteiger partial charge in [0, 0.05) is 25.6 Å². The predicted molar refractivity (Wildman–Crippen MR) is 68.1 cm³/mol. The summed E-state index contributed by atoms with van der Waals surface area (Å²) >= 11 is 0. The smallest absolute Gasteiger partial charge is 0.317 e. The van der Waals surface area contributed by atoms with Crippen molar-refractivity contribution in [2.45, 2.75) is 38.6 Å². The Balaban J connectivity index is 1.77. The molecule has 0 aromatic carbocycles. The fourth-order valence-corrected chi connectivity index (χ4v) is 2.34. The quantitative estimate of drug-likeness (QED) is 0.817. The van der Waals surface area contributed by atoms with Crippen LogP contribution in [-0.2, 0) is 11.2 Å². The number of likely N-dealkylation sites (tertiary alicyclic amines) is 1. The SMILES string of the molecule is Cc1noc(CCNC(=O)N2CCCC2CC(=O)O)n1. The zero-order valence-electron chi connectivity index (χ0n) is 11.3. The topological polar surface area (TPSA) is 109 Å². The van der Waals surface area contributed by atoms with Gasteiger partial charge in [0.15, 0.2) is 5.82 Å². The minimum absolute atomic E-state index is 0.00370. The van der Waals surface area contributed by atoms with Crippen molar-refractivity contribution >= 4 is 12.0 Å². The third-order valence-corrected chi connectivity index (χ3v) is 3.23. The van der Waals surface area contributed by atoms with Gasteiger partial charge in [-0.05, 0) is 19.8 Å². The summed E-state index contributed by atoms with van der Waals surface area (Å²) in [6, 6.07) is -0.442. The molecule has 1 aromatic rings. The van der Waals surface area contributed by atoms with E-state index >= 15 is 0 Å². The summed E-state index contributed by atoms with van der Waals surface area (Å²) in [5.41, 5.74) is 0. The molecular weight excluding hydrogens is 264 g/mol. The Kier molecular flexibility index (Phi) is 4.54. The first-order valence-electron chi connectivity index (χ1n) is 6.61. The highest BCUT2D eigenvalue weighted by Gasteiger charge is 2.30. The maximum absolute atomic E-state index is 12.0. The second-order valence-electron chi connectivity index (χ2n) is 4.80. The Morgan fingerprint density at radius 3 is 3.00 bits per heavy atom. The van der Waals surface area contributed by atoms with E-state index in [4.69, 9.17) is 9.63 Å². The van der Waals surface area contributed by atoms with Gasteiger partial charge in [-0.25, -0.2) is 4.79 Å². The van der Waals surface area contributed by atoms with Crippen molar-refractivity contribution in [3.05, 3.63) is 11.7 Å². The van der Waals surface area contributed by atoms with Crippen molar-refractivity contribution < 1.29 is 19.2 Å². The van der Waals surface area contributed by atoms with Gasteiger partial charge in [-0.3, -0.25) is 4.79 Å². The highest BCUT2D eigenvalue weighted by atomic mass is 16.5. The molecule has 8 heteroatoms. The normalized spacial score (nSPS) is 18.2. The zero-order valence-corrected chi connectivity index (χ0v) is 11.3. The van der Waals surface area contributed by atoms with E-state index in [0.717, 1.165) is 12.8 Å². The molecule has 110 valence electrons. The summed E-state index contributed by atoms with van der Waals surface area (Å²) in [6.07, 6.45) is 2.04. The second kappa shape index (κ2) is 6.36. The van der Waals surface area contributed by atoms with Gasteiger partial charge < -0.3 is 19.8 Å². The maximum Gasteiger partial charge on any atom is 0.317 e. The fraction of sp³-hybridized carbons (Fsp3) is 0.667. The molecule has 2 N–H and O–H groups in total. The highest BCUT2D eigenvalue weighted by molar-refractivity contribution is 5.76. The lowest BCUT2D eigenvalue weighted by molar-refractivity contribution is -0.137. The largest absolute Gasteiger partial charge is 0.481 e. The first-order chi connectivity index (χ1) is 9.56. The lowest BCUT2D eigenvalue weighted by Gasteiger charge is -2.23. The number of aryl methyl sites for hydroxylation is 1. The first kappa shape index (κ1) is 14.3. The van der Waals surface area contributed by atoms with E-state index in [0.29, 0.717) is 31.2 Å². The van der Waals surface area contributed by atoms with Gasteiger partial charge in [-0.2, -0.15) is 4.98 Å². The van der Waals surface area contributed by atoms with E-state index in [9.17, 15) is 9.59 Å². The Hall–Kier alpha value is -2.12. The molecule has 1 atom stereocenters. The van der Waals surface area contributed by atoms with Crippen LogP contribution in [-0.4, -0.2) is 51.3 Å². The maximum atomic E-state index is 12.0. The van der Waals surface area contributed by atoms with Gasteiger partial charge >= 0.3 is 12.0 Å². The van der Waals surface area contributed by atoms with E-state index < -0.39 is 5.97 Å². The summed E-state index contributed by atoms with van der Waals surface area (Å²) in [4.78, 5) is 28.4. The molecule has 2 heterocycles. The summed E-state index contributed by atoms with van der Waals surface area (Å²) in [5, 5.41) is 15.2. The third kappa shape index (κ3) is 3.69. The van der Waals surface area contributed by atoms with Crippen LogP contribution in [0.2, 0.25) is 0 Å². The van der Waals surface area contributed by atoms with Gasteiger partial charge in [0.2, 0.25) is 5.89 Å². The number of carboxylic acids is 1. The molecule has 20 heavy (non-hydrogen) atoms. The molecule has 1 fully saturated rings. The Morgan fingerprint density at radius 1 is 1.55 bits per heavy atom. The van der Waals surface area contributed by atoms with E-state index in [1.54, 1.807) is 11.8 Å². The molecule has 8 nitrogen and oxygen atoms in total. The molecule has 1 aliphatic heterocycles. The standard InChI is InChI=1S/C12H18N4O4/c1-8-14-10(20-15-8)4-5-13-12(19)16-6-2-3-9(16)7-11(17)18/h9H,2-7H2,1H3,(H,13,19)(H,17,18). The third-order valence-electron chi connectivity index (χ3n) is 3.23. The van der Waals surface area contributed by atoms with Gasteiger partial charge in [0.1, 0.15) is 0 Å². The van der Waals surface area contributed by atoms with E-state index in [-0.39, 0.29) is 18.5 Å².